The molecule has 0 amide bonds. The molecule has 1 aromatic carbocycles. The zero-order chi connectivity index (χ0) is 19.5. The molecule has 1 rings (SSSR count). The average molecular weight is 604 g/mol. The summed E-state index contributed by atoms with van der Waals surface area (Å²) in [6.45, 7) is 28.9. The summed E-state index contributed by atoms with van der Waals surface area (Å²) < 4.78 is 1.44. The summed E-state index contributed by atoms with van der Waals surface area (Å²) in [7, 11) is 0. The van der Waals surface area contributed by atoms with Crippen LogP contribution in [0, 0.1) is 0 Å². The summed E-state index contributed by atoms with van der Waals surface area (Å²) in [6, 6.07) is 8.64. The number of nitrogens with zero attached hydrogens (tertiary/aromatic N) is 2. The van der Waals surface area contributed by atoms with Crippen LogP contribution >= 0.6 is 0 Å². The lowest BCUT2D eigenvalue weighted by Gasteiger charge is -2.42. The molecule has 0 unspecified atom stereocenters. The van der Waals surface area contributed by atoms with Crippen molar-refractivity contribution in [2.24, 2.45) is 0 Å². The molecule has 0 aliphatic carbocycles. The van der Waals surface area contributed by atoms with Crippen molar-refractivity contribution in [3.8, 4) is 0 Å². The van der Waals surface area contributed by atoms with E-state index in [4.69, 9.17) is 0 Å². The lowest BCUT2D eigenvalue weighted by Crippen LogP contribution is -3.00. The van der Waals surface area contributed by atoms with E-state index in [2.05, 4.69) is 63.7 Å². The smallest absolute Gasteiger partial charge is 0.195 e. The lowest BCUT2D eigenvalue weighted by molar-refractivity contribution is -0.001000. The maximum Gasteiger partial charge on any atom is 0.195 e. The highest BCUT2D eigenvalue weighted by molar-refractivity contribution is 5.68. The van der Waals surface area contributed by atoms with Crippen LogP contribution in [0.2, 0.25) is 0 Å². The number of halogens is 2. The first-order chi connectivity index (χ1) is 12.6. The normalized spacial score (nSPS) is 10.6. The second-order valence-electron chi connectivity index (χ2n) is 6.61. The monoisotopic (exact) mass is 604 g/mol. The van der Waals surface area contributed by atoms with E-state index in [1.807, 2.05) is 36.5 Å². The molecule has 0 fully saturated rings. The van der Waals surface area contributed by atoms with Crippen LogP contribution in [-0.2, 0) is 0 Å². The highest BCUT2D eigenvalue weighted by atomic mass is 127. The fraction of sp³-hybridized carbons (Fsp3) is 0.250. The quantitative estimate of drug-likeness (QED) is 0.152. The van der Waals surface area contributed by atoms with E-state index < -0.39 is 0 Å². The molecule has 0 N–H and O–H groups in total. The van der Waals surface area contributed by atoms with Gasteiger partial charge in [-0.05, 0) is 36.5 Å². The Morgan fingerprint density at radius 1 is 0.500 bits per heavy atom. The fourth-order valence-corrected chi connectivity index (χ4v) is 3.79. The molecule has 0 atom stereocenters. The molecule has 0 saturated carbocycles. The summed E-state index contributed by atoms with van der Waals surface area (Å²) >= 11 is 0. The van der Waals surface area contributed by atoms with E-state index in [0.29, 0.717) is 0 Å². The van der Waals surface area contributed by atoms with Gasteiger partial charge in [-0.1, -0.05) is 51.6 Å². The second-order valence-corrected chi connectivity index (χ2v) is 6.61. The van der Waals surface area contributed by atoms with Crippen molar-refractivity contribution in [2.75, 3.05) is 39.3 Å². The standard InChI is InChI=1S/C24H34N2.2HI/c1-7-17-25(18-8-2,19-9-3)23-15-13-14-16-24(23)26(20-10-4,21-11-5)22-12-6;;/h7-16H,1-6,17-22H2;2*1H/q+2;;/p-2. The Balaban J connectivity index is 0. The number of quaternary nitrogens is 2. The van der Waals surface area contributed by atoms with E-state index in [9.17, 15) is 0 Å². The highest BCUT2D eigenvalue weighted by Gasteiger charge is 2.38. The van der Waals surface area contributed by atoms with E-state index in [1.165, 1.54) is 11.4 Å². The van der Waals surface area contributed by atoms with Gasteiger partial charge in [-0.2, -0.15) is 0 Å². The third kappa shape index (κ3) is 6.83. The topological polar surface area (TPSA) is 0 Å². The van der Waals surface area contributed by atoms with Gasteiger partial charge in [0, 0.05) is 12.1 Å². The number of hydrogen-bond acceptors (Lipinski definition) is 0. The minimum atomic E-state index is 0. The van der Waals surface area contributed by atoms with E-state index in [0.717, 1.165) is 48.2 Å². The lowest BCUT2D eigenvalue weighted by atomic mass is 10.1. The van der Waals surface area contributed by atoms with Crippen molar-refractivity contribution in [3.05, 3.63) is 100 Å². The summed E-state index contributed by atoms with van der Waals surface area (Å²) in [5.41, 5.74) is 2.52. The molecular formula is C24H34I2N2. The third-order valence-corrected chi connectivity index (χ3v) is 4.78. The maximum absolute atomic E-state index is 4.00. The molecule has 0 bridgehead atoms. The Morgan fingerprint density at radius 3 is 0.893 bits per heavy atom. The predicted molar refractivity (Wildman–Crippen MR) is 120 cm³/mol. The van der Waals surface area contributed by atoms with Gasteiger partial charge in [-0.15, -0.1) is 0 Å². The SMILES string of the molecule is C=CC[N+](CC=C)(CC=C)c1ccccc1[N+](CC=C)(CC=C)CC=C.[I-].[I-]. The van der Waals surface area contributed by atoms with Crippen molar-refractivity contribution < 1.29 is 48.0 Å². The van der Waals surface area contributed by atoms with Gasteiger partial charge in [0.05, 0.1) is 0 Å². The molecule has 0 radical (unpaired) electrons. The van der Waals surface area contributed by atoms with Crippen LogP contribution in [0.15, 0.2) is 100 Å². The molecule has 0 heterocycles. The van der Waals surface area contributed by atoms with Crippen molar-refractivity contribution in [1.82, 2.24) is 8.97 Å². The number of para-hydroxylation sites is 2. The van der Waals surface area contributed by atoms with E-state index in [-0.39, 0.29) is 48.0 Å². The van der Waals surface area contributed by atoms with Crippen LogP contribution in [-0.4, -0.2) is 39.3 Å². The Bertz CT molecular complexity index is 554. The van der Waals surface area contributed by atoms with Crippen LogP contribution < -0.4 is 56.9 Å². The Morgan fingerprint density at radius 2 is 0.714 bits per heavy atom. The largest absolute Gasteiger partial charge is 1.00 e. The molecule has 28 heavy (non-hydrogen) atoms. The van der Waals surface area contributed by atoms with Crippen LogP contribution in [0.5, 0.6) is 0 Å². The first-order valence-corrected chi connectivity index (χ1v) is 9.07. The summed E-state index contributed by atoms with van der Waals surface area (Å²) in [6.07, 6.45) is 11.9. The van der Waals surface area contributed by atoms with E-state index >= 15 is 0 Å². The number of hydrogen-bond donors (Lipinski definition) is 0. The van der Waals surface area contributed by atoms with Gasteiger partial charge < -0.3 is 48.0 Å². The molecule has 4 heteroatoms. The van der Waals surface area contributed by atoms with Crippen LogP contribution in [0.3, 0.4) is 0 Å². The zero-order valence-electron chi connectivity index (χ0n) is 16.9. The number of rotatable bonds is 14. The molecule has 154 valence electrons. The van der Waals surface area contributed by atoms with Crippen molar-refractivity contribution in [2.45, 2.75) is 0 Å². The van der Waals surface area contributed by atoms with Gasteiger partial charge in [0.25, 0.3) is 0 Å². The van der Waals surface area contributed by atoms with Crippen molar-refractivity contribution >= 4 is 11.4 Å². The molecular weight excluding hydrogens is 570 g/mol. The Kier molecular flexibility index (Phi) is 15.6. The first-order valence-electron chi connectivity index (χ1n) is 9.07. The number of benzene rings is 1. The van der Waals surface area contributed by atoms with Gasteiger partial charge in [0.1, 0.15) is 39.3 Å². The predicted octanol–water partition coefficient (Wildman–Crippen LogP) is -0.575. The van der Waals surface area contributed by atoms with Gasteiger partial charge in [0.2, 0.25) is 0 Å². The molecule has 2 nitrogen and oxygen atoms in total. The van der Waals surface area contributed by atoms with Gasteiger partial charge >= 0.3 is 0 Å². The Hall–Kier alpha value is -0.960. The second kappa shape index (κ2) is 15.0. The van der Waals surface area contributed by atoms with Crippen LogP contribution in [0.25, 0.3) is 0 Å². The molecule has 0 aliphatic heterocycles. The van der Waals surface area contributed by atoms with Crippen molar-refractivity contribution in [3.63, 3.8) is 0 Å². The van der Waals surface area contributed by atoms with Crippen molar-refractivity contribution in [1.29, 1.82) is 0 Å². The molecule has 0 saturated heterocycles. The van der Waals surface area contributed by atoms with Crippen LogP contribution in [0.4, 0.5) is 11.4 Å². The average Bonchev–Trinajstić information content (AvgIpc) is 2.63. The Labute approximate surface area is 206 Å². The third-order valence-electron chi connectivity index (χ3n) is 4.78. The van der Waals surface area contributed by atoms with Gasteiger partial charge in [0.15, 0.2) is 11.4 Å². The van der Waals surface area contributed by atoms with Gasteiger partial charge in [-0.3, -0.25) is 8.97 Å². The highest BCUT2D eigenvalue weighted by Crippen LogP contribution is 2.38. The summed E-state index contributed by atoms with van der Waals surface area (Å²) in [4.78, 5) is 0. The fourth-order valence-electron chi connectivity index (χ4n) is 3.79. The molecule has 1 aromatic rings. The maximum atomic E-state index is 4.00. The molecule has 0 spiro atoms. The minimum absolute atomic E-state index is 0. The van der Waals surface area contributed by atoms with E-state index in [1.54, 1.807) is 0 Å². The zero-order valence-corrected chi connectivity index (χ0v) is 21.2. The van der Waals surface area contributed by atoms with Crippen LogP contribution in [0.1, 0.15) is 0 Å². The first kappa shape index (κ1) is 29.2. The van der Waals surface area contributed by atoms with Gasteiger partial charge in [-0.25, -0.2) is 0 Å². The summed E-state index contributed by atoms with van der Waals surface area (Å²) in [5, 5.41) is 0. The summed E-state index contributed by atoms with van der Waals surface area (Å²) in [5.74, 6) is 0. The minimum Gasteiger partial charge on any atom is -1.00 e. The molecule has 0 aromatic heterocycles. The molecule has 0 aliphatic rings.